The van der Waals surface area contributed by atoms with Gasteiger partial charge in [-0.05, 0) is 24.1 Å². The number of aldehydes is 1. The van der Waals surface area contributed by atoms with Crippen LogP contribution in [-0.4, -0.2) is 27.5 Å². The molecule has 1 saturated heterocycles. The van der Waals surface area contributed by atoms with Gasteiger partial charge in [-0.3, -0.25) is 24.1 Å². The molecule has 2 amide bonds. The first-order valence-electron chi connectivity index (χ1n) is 5.95. The molecule has 3 heterocycles. The van der Waals surface area contributed by atoms with Gasteiger partial charge in [-0.2, -0.15) is 0 Å². The van der Waals surface area contributed by atoms with Crippen LogP contribution < -0.4 is 5.32 Å². The highest BCUT2D eigenvalue weighted by atomic mass is 16.2. The maximum absolute atomic E-state index is 11.8. The number of piperidine rings is 1. The van der Waals surface area contributed by atoms with E-state index in [1.807, 2.05) is 0 Å². The van der Waals surface area contributed by atoms with Gasteiger partial charge in [0.05, 0.1) is 11.6 Å². The SMILES string of the molecule is O=Cc1cc(C2CCC(=O)NC2=O)cc2nccn12. The number of nitrogens with zero attached hydrogens (tertiary/aromatic N) is 2. The number of rotatable bonds is 2. The lowest BCUT2D eigenvalue weighted by Crippen LogP contribution is -2.39. The highest BCUT2D eigenvalue weighted by Crippen LogP contribution is 2.26. The van der Waals surface area contributed by atoms with Crippen LogP contribution in [0, 0.1) is 0 Å². The van der Waals surface area contributed by atoms with Crippen LogP contribution in [0.15, 0.2) is 24.5 Å². The third kappa shape index (κ3) is 1.91. The summed E-state index contributed by atoms with van der Waals surface area (Å²) < 4.78 is 1.66. The monoisotopic (exact) mass is 257 g/mol. The minimum atomic E-state index is -0.405. The Labute approximate surface area is 108 Å². The lowest BCUT2D eigenvalue weighted by atomic mass is 9.90. The second-order valence-electron chi connectivity index (χ2n) is 4.49. The summed E-state index contributed by atoms with van der Waals surface area (Å²) in [5, 5.41) is 2.31. The van der Waals surface area contributed by atoms with E-state index in [9.17, 15) is 14.4 Å². The minimum absolute atomic E-state index is 0.251. The Morgan fingerprint density at radius 1 is 1.37 bits per heavy atom. The first kappa shape index (κ1) is 11.6. The number of imidazole rings is 1. The quantitative estimate of drug-likeness (QED) is 0.633. The summed E-state index contributed by atoms with van der Waals surface area (Å²) in [6.45, 7) is 0. The Morgan fingerprint density at radius 3 is 2.95 bits per heavy atom. The fourth-order valence-corrected chi connectivity index (χ4v) is 2.37. The van der Waals surface area contributed by atoms with Gasteiger partial charge in [0.1, 0.15) is 5.65 Å². The van der Waals surface area contributed by atoms with Crippen molar-refractivity contribution in [2.45, 2.75) is 18.8 Å². The summed E-state index contributed by atoms with van der Waals surface area (Å²) in [6, 6.07) is 3.44. The topological polar surface area (TPSA) is 80.5 Å². The second-order valence-corrected chi connectivity index (χ2v) is 4.49. The molecule has 0 saturated carbocycles. The number of nitrogens with one attached hydrogen (secondary N) is 1. The molecule has 1 N–H and O–H groups in total. The molecule has 1 aliphatic heterocycles. The Balaban J connectivity index is 2.07. The molecule has 2 aromatic heterocycles. The molecule has 0 aliphatic carbocycles. The summed E-state index contributed by atoms with van der Waals surface area (Å²) in [5.41, 5.74) is 1.77. The lowest BCUT2D eigenvalue weighted by molar-refractivity contribution is -0.134. The number of carbonyl (C=O) groups is 3. The van der Waals surface area contributed by atoms with E-state index in [2.05, 4.69) is 10.3 Å². The molecule has 6 heteroatoms. The van der Waals surface area contributed by atoms with E-state index in [1.165, 1.54) is 0 Å². The van der Waals surface area contributed by atoms with Crippen molar-refractivity contribution < 1.29 is 14.4 Å². The first-order chi connectivity index (χ1) is 9.19. The van der Waals surface area contributed by atoms with Crippen LogP contribution in [0.1, 0.15) is 34.8 Å². The zero-order valence-corrected chi connectivity index (χ0v) is 10.00. The summed E-state index contributed by atoms with van der Waals surface area (Å²) in [7, 11) is 0. The third-order valence-corrected chi connectivity index (χ3v) is 3.32. The predicted molar refractivity (Wildman–Crippen MR) is 65.7 cm³/mol. The van der Waals surface area contributed by atoms with Crippen molar-refractivity contribution in [3.63, 3.8) is 0 Å². The molecule has 1 unspecified atom stereocenters. The zero-order chi connectivity index (χ0) is 13.4. The maximum Gasteiger partial charge on any atom is 0.234 e. The van der Waals surface area contributed by atoms with Crippen molar-refractivity contribution in [3.8, 4) is 0 Å². The van der Waals surface area contributed by atoms with E-state index in [4.69, 9.17) is 0 Å². The highest BCUT2D eigenvalue weighted by Gasteiger charge is 2.28. The summed E-state index contributed by atoms with van der Waals surface area (Å²) >= 11 is 0. The van der Waals surface area contributed by atoms with Gasteiger partial charge in [0.15, 0.2) is 6.29 Å². The van der Waals surface area contributed by atoms with Crippen molar-refractivity contribution in [2.75, 3.05) is 0 Å². The van der Waals surface area contributed by atoms with Crippen LogP contribution in [0.4, 0.5) is 0 Å². The molecule has 2 aromatic rings. The summed E-state index contributed by atoms with van der Waals surface area (Å²) in [5.74, 6) is -0.971. The van der Waals surface area contributed by atoms with Crippen molar-refractivity contribution >= 4 is 23.7 Å². The van der Waals surface area contributed by atoms with Gasteiger partial charge >= 0.3 is 0 Å². The summed E-state index contributed by atoms with van der Waals surface area (Å²) in [6.07, 6.45) is 4.78. The number of pyridine rings is 1. The summed E-state index contributed by atoms with van der Waals surface area (Å²) in [4.78, 5) is 38.2. The normalized spacial score (nSPS) is 19.5. The van der Waals surface area contributed by atoms with Crippen LogP contribution >= 0.6 is 0 Å². The van der Waals surface area contributed by atoms with Crippen LogP contribution in [0.25, 0.3) is 5.65 Å². The molecule has 6 nitrogen and oxygen atoms in total. The number of hydrogen-bond donors (Lipinski definition) is 1. The van der Waals surface area contributed by atoms with E-state index >= 15 is 0 Å². The van der Waals surface area contributed by atoms with Crippen LogP contribution in [-0.2, 0) is 9.59 Å². The van der Waals surface area contributed by atoms with Gasteiger partial charge in [0, 0.05) is 18.8 Å². The number of carbonyl (C=O) groups excluding carboxylic acids is 3. The minimum Gasteiger partial charge on any atom is -0.297 e. The molecule has 0 radical (unpaired) electrons. The fraction of sp³-hybridized carbons (Fsp3) is 0.231. The highest BCUT2D eigenvalue weighted by molar-refractivity contribution is 6.01. The molecule has 0 aromatic carbocycles. The average molecular weight is 257 g/mol. The van der Waals surface area contributed by atoms with Crippen LogP contribution in [0.5, 0.6) is 0 Å². The molecule has 0 bridgehead atoms. The Kier molecular flexibility index (Phi) is 2.63. The third-order valence-electron chi connectivity index (χ3n) is 3.32. The molecule has 0 spiro atoms. The van der Waals surface area contributed by atoms with Crippen LogP contribution in [0.2, 0.25) is 0 Å². The van der Waals surface area contributed by atoms with Gasteiger partial charge in [-0.25, -0.2) is 4.98 Å². The average Bonchev–Trinajstić information content (AvgIpc) is 2.85. The molecule has 1 atom stereocenters. The second kappa shape index (κ2) is 4.31. The van der Waals surface area contributed by atoms with Gasteiger partial charge in [0.25, 0.3) is 0 Å². The molecule has 96 valence electrons. The van der Waals surface area contributed by atoms with E-state index in [0.29, 0.717) is 29.7 Å². The van der Waals surface area contributed by atoms with E-state index in [-0.39, 0.29) is 11.8 Å². The van der Waals surface area contributed by atoms with Gasteiger partial charge in [-0.15, -0.1) is 0 Å². The number of fused-ring (bicyclic) bond motifs is 1. The Morgan fingerprint density at radius 2 is 2.21 bits per heavy atom. The van der Waals surface area contributed by atoms with Crippen molar-refractivity contribution in [1.82, 2.24) is 14.7 Å². The standard InChI is InChI=1S/C13H11N3O3/c17-7-9-5-8(6-11-14-3-4-16(9)11)10-1-2-12(18)15-13(10)19/h3-7,10H,1-2H2,(H,15,18,19). The molecular formula is C13H11N3O3. The molecule has 19 heavy (non-hydrogen) atoms. The van der Waals surface area contributed by atoms with Gasteiger partial charge in [-0.1, -0.05) is 0 Å². The van der Waals surface area contributed by atoms with Crippen molar-refractivity contribution in [2.24, 2.45) is 0 Å². The molecule has 1 fully saturated rings. The first-order valence-corrected chi connectivity index (χ1v) is 5.95. The number of aromatic nitrogens is 2. The van der Waals surface area contributed by atoms with E-state index < -0.39 is 5.92 Å². The van der Waals surface area contributed by atoms with Gasteiger partial charge < -0.3 is 0 Å². The van der Waals surface area contributed by atoms with E-state index in [1.54, 1.807) is 28.9 Å². The van der Waals surface area contributed by atoms with Gasteiger partial charge in [0.2, 0.25) is 11.8 Å². The Hall–Kier alpha value is -2.50. The van der Waals surface area contributed by atoms with E-state index in [0.717, 1.165) is 6.29 Å². The smallest absolute Gasteiger partial charge is 0.234 e. The van der Waals surface area contributed by atoms with Crippen molar-refractivity contribution in [1.29, 1.82) is 0 Å². The fourth-order valence-electron chi connectivity index (χ4n) is 2.37. The Bertz CT molecular complexity index is 689. The molecular weight excluding hydrogens is 246 g/mol. The van der Waals surface area contributed by atoms with Crippen molar-refractivity contribution in [3.05, 3.63) is 35.8 Å². The maximum atomic E-state index is 11.8. The number of hydrogen-bond acceptors (Lipinski definition) is 4. The molecule has 3 rings (SSSR count). The van der Waals surface area contributed by atoms with Crippen LogP contribution in [0.3, 0.4) is 0 Å². The number of amides is 2. The lowest BCUT2D eigenvalue weighted by Gasteiger charge is -2.21. The molecule has 1 aliphatic rings. The zero-order valence-electron chi connectivity index (χ0n) is 10.00. The predicted octanol–water partition coefficient (Wildman–Crippen LogP) is 0.667. The largest absolute Gasteiger partial charge is 0.297 e. The number of imide groups is 1.